The van der Waals surface area contributed by atoms with Gasteiger partial charge in [-0.15, -0.1) is 0 Å². The van der Waals surface area contributed by atoms with Gasteiger partial charge in [0, 0.05) is 11.3 Å². The maximum Gasteiger partial charge on any atom is 0.416 e. The van der Waals surface area contributed by atoms with E-state index in [0.717, 1.165) is 29.8 Å². The van der Waals surface area contributed by atoms with Gasteiger partial charge in [0.15, 0.2) is 0 Å². The Balaban J connectivity index is 1.76. The predicted octanol–water partition coefficient (Wildman–Crippen LogP) is 4.77. The summed E-state index contributed by atoms with van der Waals surface area (Å²) < 4.78 is 65.5. The molecule has 3 N–H and O–H groups in total. The van der Waals surface area contributed by atoms with Crippen LogP contribution >= 0.6 is 0 Å². The van der Waals surface area contributed by atoms with E-state index in [1.807, 2.05) is 0 Å². The lowest BCUT2D eigenvalue weighted by atomic mass is 10.2. The quantitative estimate of drug-likeness (QED) is 0.488. The number of rotatable bonds is 5. The molecular weight excluding hydrogens is 433 g/mol. The Labute approximate surface area is 176 Å². The Hall–Kier alpha value is -3.53. The van der Waals surface area contributed by atoms with Crippen LogP contribution in [-0.2, 0) is 16.2 Å². The van der Waals surface area contributed by atoms with Gasteiger partial charge >= 0.3 is 6.18 Å². The largest absolute Gasteiger partial charge is 0.506 e. The van der Waals surface area contributed by atoms with E-state index < -0.39 is 27.7 Å². The first-order valence-electron chi connectivity index (χ1n) is 8.87. The monoisotopic (exact) mass is 450 g/mol. The third-order valence-corrected chi connectivity index (χ3v) is 5.67. The molecule has 0 aromatic heterocycles. The summed E-state index contributed by atoms with van der Waals surface area (Å²) in [5, 5.41) is 12.4. The van der Waals surface area contributed by atoms with Gasteiger partial charge in [0.05, 0.1) is 16.1 Å². The van der Waals surface area contributed by atoms with Gasteiger partial charge in [-0.05, 0) is 67.1 Å². The van der Waals surface area contributed by atoms with Crippen LogP contribution in [0.4, 0.5) is 24.5 Å². The molecule has 0 bridgehead atoms. The van der Waals surface area contributed by atoms with E-state index >= 15 is 0 Å². The zero-order valence-corrected chi connectivity index (χ0v) is 16.9. The Bertz CT molecular complexity index is 1220. The van der Waals surface area contributed by atoms with Crippen molar-refractivity contribution in [1.29, 1.82) is 0 Å². The second-order valence-electron chi connectivity index (χ2n) is 6.68. The van der Waals surface area contributed by atoms with Gasteiger partial charge in [0.2, 0.25) is 0 Å². The molecule has 3 aromatic carbocycles. The maximum absolute atomic E-state index is 12.8. The Morgan fingerprint density at radius 3 is 2.26 bits per heavy atom. The summed E-state index contributed by atoms with van der Waals surface area (Å²) in [7, 11) is -4.18. The van der Waals surface area contributed by atoms with Crippen LogP contribution in [0.3, 0.4) is 0 Å². The van der Waals surface area contributed by atoms with Crippen molar-refractivity contribution in [2.45, 2.75) is 18.0 Å². The van der Waals surface area contributed by atoms with Crippen molar-refractivity contribution < 1.29 is 31.5 Å². The minimum atomic E-state index is -4.61. The number of carbonyl (C=O) groups excluding carboxylic acids is 1. The van der Waals surface area contributed by atoms with Gasteiger partial charge < -0.3 is 10.4 Å². The van der Waals surface area contributed by atoms with Crippen LogP contribution in [0.1, 0.15) is 21.5 Å². The number of carbonyl (C=O) groups is 1. The van der Waals surface area contributed by atoms with Crippen molar-refractivity contribution >= 4 is 27.3 Å². The molecule has 0 atom stereocenters. The fourth-order valence-electron chi connectivity index (χ4n) is 2.70. The number of nitrogens with one attached hydrogen (secondary N) is 2. The van der Waals surface area contributed by atoms with Crippen LogP contribution < -0.4 is 10.0 Å². The molecule has 162 valence electrons. The minimum Gasteiger partial charge on any atom is -0.506 e. The second-order valence-corrected chi connectivity index (χ2v) is 8.37. The Morgan fingerprint density at radius 1 is 0.968 bits per heavy atom. The molecule has 0 radical (unpaired) electrons. The summed E-state index contributed by atoms with van der Waals surface area (Å²) in [6.07, 6.45) is -4.61. The molecule has 0 saturated heterocycles. The topological polar surface area (TPSA) is 95.5 Å². The highest BCUT2D eigenvalue weighted by molar-refractivity contribution is 7.92. The minimum absolute atomic E-state index is 0.113. The van der Waals surface area contributed by atoms with Crippen LogP contribution in [-0.4, -0.2) is 19.4 Å². The fraction of sp³-hybridized carbons (Fsp3) is 0.0952. The molecule has 0 aliphatic carbocycles. The zero-order chi connectivity index (χ0) is 22.8. The molecule has 0 unspecified atom stereocenters. The fourth-order valence-corrected chi connectivity index (χ4v) is 3.75. The Morgan fingerprint density at radius 2 is 1.65 bits per heavy atom. The van der Waals surface area contributed by atoms with E-state index in [2.05, 4.69) is 10.0 Å². The first-order chi connectivity index (χ1) is 14.5. The van der Waals surface area contributed by atoms with E-state index in [-0.39, 0.29) is 27.6 Å². The van der Waals surface area contributed by atoms with Crippen molar-refractivity contribution in [1.82, 2.24) is 0 Å². The van der Waals surface area contributed by atoms with Crippen molar-refractivity contribution in [3.8, 4) is 5.75 Å². The molecule has 3 aromatic rings. The van der Waals surface area contributed by atoms with Crippen LogP contribution in [0.15, 0.2) is 71.6 Å². The van der Waals surface area contributed by atoms with E-state index in [1.165, 1.54) is 30.3 Å². The van der Waals surface area contributed by atoms with Crippen LogP contribution in [0.25, 0.3) is 0 Å². The number of amides is 1. The molecule has 6 nitrogen and oxygen atoms in total. The number of aryl methyl sites for hydroxylation is 1. The van der Waals surface area contributed by atoms with E-state index in [4.69, 9.17) is 0 Å². The standard InChI is InChI=1S/C21H17F3N2O4S/c1-13-5-10-18(19(27)11-13)25-20(28)14-6-8-17(9-7-14)31(29,30)26-16-4-2-3-15(12-16)21(22,23)24/h2-12,26-27H,1H3,(H,25,28). The summed E-state index contributed by atoms with van der Waals surface area (Å²) in [6.45, 7) is 1.78. The van der Waals surface area contributed by atoms with Gasteiger partial charge in [0.25, 0.3) is 15.9 Å². The highest BCUT2D eigenvalue weighted by atomic mass is 32.2. The number of sulfonamides is 1. The summed E-state index contributed by atoms with van der Waals surface area (Å²) in [6, 6.07) is 13.3. The molecule has 0 fully saturated rings. The smallest absolute Gasteiger partial charge is 0.416 e. The number of anilines is 2. The lowest BCUT2D eigenvalue weighted by Crippen LogP contribution is -2.15. The number of aromatic hydroxyl groups is 1. The van der Waals surface area contributed by atoms with Crippen molar-refractivity contribution in [2.75, 3.05) is 10.0 Å². The van der Waals surface area contributed by atoms with Crippen LogP contribution in [0.5, 0.6) is 5.75 Å². The first kappa shape index (κ1) is 22.2. The Kier molecular flexibility index (Phi) is 5.94. The first-order valence-corrected chi connectivity index (χ1v) is 10.4. The molecule has 0 saturated carbocycles. The van der Waals surface area contributed by atoms with Crippen LogP contribution in [0.2, 0.25) is 0 Å². The molecule has 31 heavy (non-hydrogen) atoms. The van der Waals surface area contributed by atoms with Gasteiger partial charge in [-0.1, -0.05) is 12.1 Å². The maximum atomic E-state index is 12.8. The predicted molar refractivity (Wildman–Crippen MR) is 109 cm³/mol. The van der Waals surface area contributed by atoms with Gasteiger partial charge in [-0.2, -0.15) is 13.2 Å². The number of halogens is 3. The summed E-state index contributed by atoms with van der Waals surface area (Å²) in [5.41, 5.74) is -0.111. The lowest BCUT2D eigenvalue weighted by Gasteiger charge is -2.12. The molecule has 1 amide bonds. The highest BCUT2D eigenvalue weighted by Gasteiger charge is 2.30. The summed E-state index contributed by atoms with van der Waals surface area (Å²) in [4.78, 5) is 12.1. The van der Waals surface area contributed by atoms with Gasteiger partial charge in [-0.3, -0.25) is 9.52 Å². The van der Waals surface area contributed by atoms with Crippen LogP contribution in [0, 0.1) is 6.92 Å². The molecule has 0 aliphatic rings. The van der Waals surface area contributed by atoms with E-state index in [0.29, 0.717) is 6.07 Å². The molecular formula is C21H17F3N2O4S. The van der Waals surface area contributed by atoms with Gasteiger partial charge in [0.1, 0.15) is 5.75 Å². The molecule has 3 rings (SSSR count). The van der Waals surface area contributed by atoms with Crippen molar-refractivity contribution in [3.05, 3.63) is 83.4 Å². The zero-order valence-electron chi connectivity index (χ0n) is 16.1. The molecule has 0 spiro atoms. The highest BCUT2D eigenvalue weighted by Crippen LogP contribution is 2.31. The number of benzene rings is 3. The average molecular weight is 450 g/mol. The summed E-state index contributed by atoms with van der Waals surface area (Å²) in [5.74, 6) is -0.688. The lowest BCUT2D eigenvalue weighted by molar-refractivity contribution is -0.137. The van der Waals surface area contributed by atoms with E-state index in [1.54, 1.807) is 13.0 Å². The van der Waals surface area contributed by atoms with Crippen molar-refractivity contribution in [3.63, 3.8) is 0 Å². The number of alkyl halides is 3. The SMILES string of the molecule is Cc1ccc(NC(=O)c2ccc(S(=O)(=O)Nc3cccc(C(F)(F)F)c3)cc2)c(O)c1. The second kappa shape index (κ2) is 8.31. The number of phenols is 1. The van der Waals surface area contributed by atoms with E-state index in [9.17, 15) is 31.5 Å². The number of hydrogen-bond donors (Lipinski definition) is 3. The normalized spacial score (nSPS) is 11.7. The van der Waals surface area contributed by atoms with Crippen molar-refractivity contribution in [2.24, 2.45) is 0 Å². The number of phenolic OH excluding ortho intramolecular Hbond substituents is 1. The third kappa shape index (κ3) is 5.34. The summed E-state index contributed by atoms with van der Waals surface area (Å²) >= 11 is 0. The average Bonchev–Trinajstić information content (AvgIpc) is 2.69. The number of hydrogen-bond acceptors (Lipinski definition) is 4. The third-order valence-electron chi connectivity index (χ3n) is 4.27. The molecule has 0 heterocycles. The molecule has 0 aliphatic heterocycles. The van der Waals surface area contributed by atoms with Gasteiger partial charge in [-0.25, -0.2) is 8.42 Å². The molecule has 10 heteroatoms.